The Balaban J connectivity index is 1.53. The average Bonchev–Trinajstić information content (AvgIpc) is 3.12. The van der Waals surface area contributed by atoms with Crippen molar-refractivity contribution in [2.75, 3.05) is 13.2 Å². The Morgan fingerprint density at radius 2 is 1.87 bits per heavy atom. The van der Waals surface area contributed by atoms with Gasteiger partial charge < -0.3 is 15.7 Å². The van der Waals surface area contributed by atoms with Crippen molar-refractivity contribution in [3.63, 3.8) is 0 Å². The topological polar surface area (TPSA) is 67.8 Å². The number of hydrogen-bond acceptors (Lipinski definition) is 4. The van der Waals surface area contributed by atoms with E-state index in [1.165, 1.54) is 51.4 Å². The molecule has 0 aromatic heterocycles. The first-order valence-electron chi connectivity index (χ1n) is 12.3. The van der Waals surface area contributed by atoms with Crippen LogP contribution in [0.25, 0.3) is 0 Å². The Bertz CT molecular complexity index is 689. The van der Waals surface area contributed by atoms with Gasteiger partial charge in [-0.2, -0.15) is 0 Å². The highest BCUT2D eigenvalue weighted by atomic mass is 16.6. The van der Waals surface area contributed by atoms with Gasteiger partial charge in [-0.15, -0.1) is 0 Å². The smallest absolute Gasteiger partial charge is 0.129 e. The molecule has 4 fully saturated rings. The third-order valence-electron chi connectivity index (χ3n) is 9.76. The molecule has 7 atom stereocenters. The first-order valence-corrected chi connectivity index (χ1v) is 12.3. The van der Waals surface area contributed by atoms with Crippen LogP contribution in [0.5, 0.6) is 0 Å². The Kier molecular flexibility index (Phi) is 6.46. The highest BCUT2D eigenvalue weighted by molar-refractivity contribution is 5.70. The van der Waals surface area contributed by atoms with Crippen LogP contribution < -0.4 is 5.73 Å². The molecule has 0 spiro atoms. The number of nitrogens with two attached hydrogens (primary N) is 1. The van der Waals surface area contributed by atoms with Crippen molar-refractivity contribution < 1.29 is 9.94 Å². The number of fused-ring (bicyclic) bond motifs is 5. The zero-order chi connectivity index (χ0) is 21.2. The third kappa shape index (κ3) is 3.79. The summed E-state index contributed by atoms with van der Waals surface area (Å²) in [6, 6.07) is 0. The summed E-state index contributed by atoms with van der Waals surface area (Å²) in [5.41, 5.74) is 6.43. The predicted octanol–water partition coefficient (Wildman–Crippen LogP) is 5.22. The number of rotatable bonds is 6. The lowest BCUT2D eigenvalue weighted by Gasteiger charge is -2.65. The molecule has 4 nitrogen and oxygen atoms in total. The number of hydrogen-bond donors (Lipinski definition) is 2. The van der Waals surface area contributed by atoms with Gasteiger partial charge in [0.2, 0.25) is 0 Å². The van der Waals surface area contributed by atoms with Gasteiger partial charge in [-0.1, -0.05) is 43.7 Å². The molecule has 4 aliphatic rings. The standard InChI is InChI=1S/C26H42N2O2/c1-24-11-6-7-22(24)21-9-15-26(12-4-3-5-17-28-30-18-16-27)19-20(29)8-14-25(26,2)23(21)10-13-24/h3-5,12,17,20-23,29H,6-11,13-16,18-19,27H2,1-2H3/t20-,21-,22-,23-,24-,25+,26+/m0/s1. The highest BCUT2D eigenvalue weighted by Gasteiger charge is 2.62. The molecular weight excluding hydrogens is 372 g/mol. The van der Waals surface area contributed by atoms with E-state index in [1.54, 1.807) is 6.21 Å². The molecule has 0 unspecified atom stereocenters. The van der Waals surface area contributed by atoms with E-state index in [0.717, 1.165) is 30.6 Å². The second-order valence-electron chi connectivity index (χ2n) is 11.1. The summed E-state index contributed by atoms with van der Waals surface area (Å²) in [5, 5.41) is 14.5. The Hall–Kier alpha value is -1.13. The largest absolute Gasteiger partial charge is 0.394 e. The number of aliphatic hydroxyl groups is 1. The molecule has 3 N–H and O–H groups in total. The van der Waals surface area contributed by atoms with E-state index < -0.39 is 0 Å². The lowest BCUT2D eigenvalue weighted by Crippen LogP contribution is -2.58. The van der Waals surface area contributed by atoms with E-state index in [9.17, 15) is 5.11 Å². The van der Waals surface area contributed by atoms with Crippen LogP contribution in [0, 0.1) is 34.0 Å². The van der Waals surface area contributed by atoms with Crippen LogP contribution in [-0.4, -0.2) is 30.6 Å². The van der Waals surface area contributed by atoms with Crippen LogP contribution in [0.3, 0.4) is 0 Å². The van der Waals surface area contributed by atoms with Gasteiger partial charge in [-0.05, 0) is 97.9 Å². The van der Waals surface area contributed by atoms with Crippen molar-refractivity contribution in [1.29, 1.82) is 0 Å². The van der Waals surface area contributed by atoms with Gasteiger partial charge in [-0.3, -0.25) is 0 Å². The van der Waals surface area contributed by atoms with Crippen LogP contribution in [-0.2, 0) is 4.84 Å². The van der Waals surface area contributed by atoms with E-state index >= 15 is 0 Å². The lowest BCUT2D eigenvalue weighted by molar-refractivity contribution is -0.153. The molecule has 0 aliphatic heterocycles. The van der Waals surface area contributed by atoms with Gasteiger partial charge >= 0.3 is 0 Å². The first kappa shape index (κ1) is 22.1. The SMILES string of the molecule is C[C@@]12CCC[C@H]1[C@@H]1CC[C@]3(C=CC=CC=NOCCN)C[C@@H](O)CC[C@]3(C)[C@H]1CC2. The molecule has 168 valence electrons. The second-order valence-corrected chi connectivity index (χ2v) is 11.1. The van der Waals surface area contributed by atoms with Crippen molar-refractivity contribution in [2.45, 2.75) is 84.2 Å². The summed E-state index contributed by atoms with van der Waals surface area (Å²) in [6.45, 7) is 6.08. The number of nitrogens with zero attached hydrogens (tertiary/aromatic N) is 1. The van der Waals surface area contributed by atoms with Gasteiger partial charge in [0.05, 0.1) is 12.3 Å². The van der Waals surface area contributed by atoms with Gasteiger partial charge in [0.25, 0.3) is 0 Å². The summed E-state index contributed by atoms with van der Waals surface area (Å²) in [4.78, 5) is 5.03. The Morgan fingerprint density at radius 1 is 1.00 bits per heavy atom. The van der Waals surface area contributed by atoms with E-state index in [1.807, 2.05) is 12.2 Å². The summed E-state index contributed by atoms with van der Waals surface area (Å²) in [7, 11) is 0. The third-order valence-corrected chi connectivity index (χ3v) is 9.76. The summed E-state index contributed by atoms with van der Waals surface area (Å²) in [6.07, 6.45) is 22.9. The Labute approximate surface area is 183 Å². The summed E-state index contributed by atoms with van der Waals surface area (Å²) < 4.78 is 0. The van der Waals surface area contributed by atoms with E-state index in [2.05, 4.69) is 31.2 Å². The van der Waals surface area contributed by atoms with Crippen molar-refractivity contribution >= 4 is 6.21 Å². The maximum absolute atomic E-state index is 10.6. The van der Waals surface area contributed by atoms with Crippen LogP contribution >= 0.6 is 0 Å². The fourth-order valence-electron chi connectivity index (χ4n) is 8.19. The molecule has 4 heteroatoms. The number of allylic oxidation sites excluding steroid dienone is 4. The van der Waals surface area contributed by atoms with Crippen LogP contribution in [0.2, 0.25) is 0 Å². The van der Waals surface area contributed by atoms with Gasteiger partial charge in [0.1, 0.15) is 6.61 Å². The average molecular weight is 415 g/mol. The van der Waals surface area contributed by atoms with Crippen molar-refractivity contribution in [2.24, 2.45) is 44.9 Å². The van der Waals surface area contributed by atoms with Gasteiger partial charge in [-0.25, -0.2) is 0 Å². The molecule has 0 radical (unpaired) electrons. The zero-order valence-electron chi connectivity index (χ0n) is 19.1. The molecule has 0 heterocycles. The van der Waals surface area contributed by atoms with E-state index in [4.69, 9.17) is 10.6 Å². The van der Waals surface area contributed by atoms with E-state index in [-0.39, 0.29) is 11.5 Å². The summed E-state index contributed by atoms with van der Waals surface area (Å²) in [5.74, 6) is 2.65. The molecule has 4 aliphatic carbocycles. The minimum Gasteiger partial charge on any atom is -0.394 e. The molecule has 0 aromatic rings. The van der Waals surface area contributed by atoms with Gasteiger partial charge in [0.15, 0.2) is 0 Å². The minimum absolute atomic E-state index is 0.121. The molecule has 0 saturated heterocycles. The molecule has 4 rings (SSSR count). The van der Waals surface area contributed by atoms with Crippen molar-refractivity contribution in [1.82, 2.24) is 0 Å². The van der Waals surface area contributed by atoms with Crippen molar-refractivity contribution in [3.05, 3.63) is 24.3 Å². The predicted molar refractivity (Wildman–Crippen MR) is 123 cm³/mol. The normalized spacial score (nSPS) is 46.3. The molecule has 0 amide bonds. The fourth-order valence-corrected chi connectivity index (χ4v) is 8.19. The number of aliphatic hydroxyl groups excluding tert-OH is 1. The molecular formula is C26H42N2O2. The minimum atomic E-state index is -0.158. The quantitative estimate of drug-likeness (QED) is 0.271. The maximum Gasteiger partial charge on any atom is 0.129 e. The second kappa shape index (κ2) is 8.78. The first-order chi connectivity index (χ1) is 14.4. The van der Waals surface area contributed by atoms with Crippen LogP contribution in [0.1, 0.15) is 78.1 Å². The van der Waals surface area contributed by atoms with Crippen LogP contribution in [0.4, 0.5) is 0 Å². The monoisotopic (exact) mass is 414 g/mol. The molecule has 0 aromatic carbocycles. The van der Waals surface area contributed by atoms with Crippen LogP contribution in [0.15, 0.2) is 29.5 Å². The maximum atomic E-state index is 10.6. The summed E-state index contributed by atoms with van der Waals surface area (Å²) >= 11 is 0. The van der Waals surface area contributed by atoms with E-state index in [0.29, 0.717) is 24.0 Å². The zero-order valence-corrected chi connectivity index (χ0v) is 19.1. The highest BCUT2D eigenvalue weighted by Crippen LogP contribution is 2.70. The fraction of sp³-hybridized carbons (Fsp3) is 0.808. The van der Waals surface area contributed by atoms with Gasteiger partial charge in [0, 0.05) is 6.54 Å². The molecule has 4 saturated carbocycles. The molecule has 30 heavy (non-hydrogen) atoms. The lowest BCUT2D eigenvalue weighted by atomic mass is 9.40. The Morgan fingerprint density at radius 3 is 2.70 bits per heavy atom. The molecule has 0 bridgehead atoms. The number of oxime groups is 1. The van der Waals surface area contributed by atoms with Crippen molar-refractivity contribution in [3.8, 4) is 0 Å².